The summed E-state index contributed by atoms with van der Waals surface area (Å²) in [7, 11) is 1.53. The second kappa shape index (κ2) is 8.97. The van der Waals surface area contributed by atoms with Crippen LogP contribution in [0.25, 0.3) is 11.2 Å². The molecule has 0 radical (unpaired) electrons. The van der Waals surface area contributed by atoms with Crippen LogP contribution in [0.1, 0.15) is 51.1 Å². The molecule has 0 bridgehead atoms. The number of phenolic OH excluding ortho intramolecular Hbond substituents is 1. The van der Waals surface area contributed by atoms with Crippen LogP contribution in [0.4, 0.5) is 11.8 Å². The summed E-state index contributed by atoms with van der Waals surface area (Å²) in [5.41, 5.74) is 8.48. The highest BCUT2D eigenvalue weighted by Gasteiger charge is 2.24. The van der Waals surface area contributed by atoms with Crippen LogP contribution < -0.4 is 21.1 Å². The predicted octanol–water partition coefficient (Wildman–Crippen LogP) is 3.42. The third-order valence-electron chi connectivity index (χ3n) is 5.86. The van der Waals surface area contributed by atoms with E-state index in [2.05, 4.69) is 29.5 Å². The Hall–Kier alpha value is -3.07. The van der Waals surface area contributed by atoms with Gasteiger partial charge in [0.1, 0.15) is 0 Å². The molecular weight excluding hydrogens is 394 g/mol. The summed E-state index contributed by atoms with van der Waals surface area (Å²) in [5.74, 6) is 1.69. The minimum absolute atomic E-state index is 0.0909. The molecule has 0 unspecified atom stereocenters. The van der Waals surface area contributed by atoms with Crippen LogP contribution in [-0.4, -0.2) is 43.8 Å². The number of aromatic hydroxyl groups is 1. The lowest BCUT2D eigenvalue weighted by Gasteiger charge is -2.29. The number of ether oxygens (including phenoxy) is 1. The fourth-order valence-corrected chi connectivity index (χ4v) is 4.04. The highest BCUT2D eigenvalue weighted by Crippen LogP contribution is 2.31. The van der Waals surface area contributed by atoms with E-state index in [9.17, 15) is 5.11 Å². The molecule has 9 nitrogen and oxygen atoms in total. The van der Waals surface area contributed by atoms with Crippen LogP contribution in [0.2, 0.25) is 0 Å². The standard InChI is InChI=1S/C22H31N7O2/c1-13(2)29-12-25-18-20(24-11-14-7-6-10-17(31-3)19(14)30)27-22(28-21(18)29)26-16-9-5-4-8-15(16)23/h6-7,10,12-13,15-16,30H,4-5,8-9,11,23H2,1-3H3,(H2,24,26,27,28)/t15-,16-/m1/s1. The third kappa shape index (κ3) is 4.36. The van der Waals surface area contributed by atoms with Gasteiger partial charge < -0.3 is 30.8 Å². The molecule has 0 aliphatic heterocycles. The number of anilines is 2. The van der Waals surface area contributed by atoms with Gasteiger partial charge in [-0.15, -0.1) is 0 Å². The van der Waals surface area contributed by atoms with E-state index < -0.39 is 0 Å². The fraction of sp³-hybridized carbons (Fsp3) is 0.500. The van der Waals surface area contributed by atoms with Crippen molar-refractivity contribution >= 4 is 22.9 Å². The summed E-state index contributed by atoms with van der Waals surface area (Å²) >= 11 is 0. The van der Waals surface area contributed by atoms with Gasteiger partial charge in [-0.1, -0.05) is 25.0 Å². The van der Waals surface area contributed by atoms with Gasteiger partial charge in [0.2, 0.25) is 5.95 Å². The van der Waals surface area contributed by atoms with Crippen LogP contribution in [-0.2, 0) is 6.54 Å². The number of phenols is 1. The van der Waals surface area contributed by atoms with Gasteiger partial charge in [-0.2, -0.15) is 9.97 Å². The first-order valence-electron chi connectivity index (χ1n) is 10.8. The predicted molar refractivity (Wildman–Crippen MR) is 122 cm³/mol. The van der Waals surface area contributed by atoms with Crippen molar-refractivity contribution in [2.45, 2.75) is 64.2 Å². The molecule has 5 N–H and O–H groups in total. The number of fused-ring (bicyclic) bond motifs is 1. The maximum atomic E-state index is 10.4. The molecule has 1 saturated carbocycles. The van der Waals surface area contributed by atoms with Gasteiger partial charge in [0.15, 0.2) is 28.5 Å². The molecule has 2 aromatic heterocycles. The zero-order valence-corrected chi connectivity index (χ0v) is 18.3. The number of imidazole rings is 1. The third-order valence-corrected chi connectivity index (χ3v) is 5.86. The molecule has 31 heavy (non-hydrogen) atoms. The SMILES string of the molecule is COc1cccc(CNc2nc(N[C@@H]3CCCC[C@H]3N)nc3c2ncn3C(C)C)c1O. The molecule has 166 valence electrons. The maximum absolute atomic E-state index is 10.4. The van der Waals surface area contributed by atoms with Gasteiger partial charge in [-0.3, -0.25) is 0 Å². The topological polar surface area (TPSA) is 123 Å². The molecule has 2 atom stereocenters. The normalized spacial score (nSPS) is 19.0. The van der Waals surface area contributed by atoms with Crippen molar-refractivity contribution in [1.82, 2.24) is 19.5 Å². The number of hydrogen-bond acceptors (Lipinski definition) is 8. The molecule has 0 saturated heterocycles. The van der Waals surface area contributed by atoms with Crippen molar-refractivity contribution in [2.24, 2.45) is 5.73 Å². The lowest BCUT2D eigenvalue weighted by molar-refractivity contribution is 0.371. The molecule has 9 heteroatoms. The van der Waals surface area contributed by atoms with E-state index in [1.165, 1.54) is 7.11 Å². The van der Waals surface area contributed by atoms with E-state index in [-0.39, 0.29) is 23.9 Å². The molecule has 2 heterocycles. The number of benzene rings is 1. The summed E-state index contributed by atoms with van der Waals surface area (Å²) in [6.45, 7) is 4.55. The minimum Gasteiger partial charge on any atom is -0.504 e. The van der Waals surface area contributed by atoms with Crippen molar-refractivity contribution in [1.29, 1.82) is 0 Å². The largest absolute Gasteiger partial charge is 0.504 e. The number of nitrogens with two attached hydrogens (primary N) is 1. The summed E-state index contributed by atoms with van der Waals surface area (Å²) in [6, 6.07) is 5.86. The monoisotopic (exact) mass is 425 g/mol. The van der Waals surface area contributed by atoms with Gasteiger partial charge in [-0.05, 0) is 32.8 Å². The zero-order valence-electron chi connectivity index (χ0n) is 18.3. The number of hydrogen-bond donors (Lipinski definition) is 4. The highest BCUT2D eigenvalue weighted by molar-refractivity contribution is 5.84. The Morgan fingerprint density at radius 3 is 2.81 bits per heavy atom. The number of nitrogens with one attached hydrogen (secondary N) is 2. The Labute approximate surface area is 182 Å². The van der Waals surface area contributed by atoms with Crippen molar-refractivity contribution in [2.75, 3.05) is 17.7 Å². The molecule has 0 amide bonds. The molecular formula is C22H31N7O2. The molecule has 4 rings (SSSR count). The number of nitrogens with zero attached hydrogens (tertiary/aromatic N) is 4. The van der Waals surface area contributed by atoms with Gasteiger partial charge in [0, 0.05) is 30.2 Å². The molecule has 0 spiro atoms. The second-order valence-corrected chi connectivity index (χ2v) is 8.33. The van der Waals surface area contributed by atoms with Crippen molar-refractivity contribution in [3.05, 3.63) is 30.1 Å². The number of aromatic nitrogens is 4. The number of methoxy groups -OCH3 is 1. The van der Waals surface area contributed by atoms with Crippen LogP contribution in [0.3, 0.4) is 0 Å². The fourth-order valence-electron chi connectivity index (χ4n) is 4.04. The van der Waals surface area contributed by atoms with E-state index >= 15 is 0 Å². The van der Waals surface area contributed by atoms with Crippen LogP contribution >= 0.6 is 0 Å². The van der Waals surface area contributed by atoms with E-state index in [4.69, 9.17) is 20.4 Å². The van der Waals surface area contributed by atoms with E-state index in [0.29, 0.717) is 35.1 Å². The first kappa shape index (κ1) is 21.2. The Kier molecular flexibility index (Phi) is 6.13. The highest BCUT2D eigenvalue weighted by atomic mass is 16.5. The average molecular weight is 426 g/mol. The Balaban J connectivity index is 1.66. The smallest absolute Gasteiger partial charge is 0.227 e. The lowest BCUT2D eigenvalue weighted by atomic mass is 9.91. The van der Waals surface area contributed by atoms with Gasteiger partial charge in [0.25, 0.3) is 0 Å². The first-order chi connectivity index (χ1) is 15.0. The first-order valence-corrected chi connectivity index (χ1v) is 10.8. The maximum Gasteiger partial charge on any atom is 0.227 e. The average Bonchev–Trinajstić information content (AvgIpc) is 3.19. The molecule has 1 aliphatic carbocycles. The van der Waals surface area contributed by atoms with Crippen molar-refractivity contribution in [3.63, 3.8) is 0 Å². The second-order valence-electron chi connectivity index (χ2n) is 8.33. The van der Waals surface area contributed by atoms with Gasteiger partial charge >= 0.3 is 0 Å². The molecule has 1 aromatic carbocycles. The Morgan fingerprint density at radius 1 is 1.26 bits per heavy atom. The summed E-state index contributed by atoms with van der Waals surface area (Å²) < 4.78 is 7.24. The summed E-state index contributed by atoms with van der Waals surface area (Å²) in [6.07, 6.45) is 6.11. The van der Waals surface area contributed by atoms with Crippen molar-refractivity contribution in [3.8, 4) is 11.5 Å². The Bertz CT molecular complexity index is 1050. The van der Waals surface area contributed by atoms with Crippen LogP contribution in [0.15, 0.2) is 24.5 Å². The quantitative estimate of drug-likeness (QED) is 0.454. The summed E-state index contributed by atoms with van der Waals surface area (Å²) in [5, 5.41) is 17.2. The summed E-state index contributed by atoms with van der Waals surface area (Å²) in [4.78, 5) is 14.0. The number of rotatable bonds is 7. The molecule has 1 fully saturated rings. The van der Waals surface area contributed by atoms with E-state index in [1.54, 1.807) is 12.4 Å². The van der Waals surface area contributed by atoms with E-state index in [0.717, 1.165) is 31.3 Å². The molecule has 3 aromatic rings. The lowest BCUT2D eigenvalue weighted by Crippen LogP contribution is -2.43. The zero-order chi connectivity index (χ0) is 22.0. The van der Waals surface area contributed by atoms with Gasteiger partial charge in [0.05, 0.1) is 13.4 Å². The Morgan fingerprint density at radius 2 is 2.06 bits per heavy atom. The molecule has 1 aliphatic rings. The van der Waals surface area contributed by atoms with Crippen LogP contribution in [0.5, 0.6) is 11.5 Å². The van der Waals surface area contributed by atoms with Crippen molar-refractivity contribution < 1.29 is 9.84 Å². The number of para-hydroxylation sites is 1. The minimum atomic E-state index is 0.0909. The van der Waals surface area contributed by atoms with E-state index in [1.807, 2.05) is 16.7 Å². The van der Waals surface area contributed by atoms with Gasteiger partial charge in [-0.25, -0.2) is 4.98 Å². The van der Waals surface area contributed by atoms with Crippen LogP contribution in [0, 0.1) is 0 Å².